The van der Waals surface area contributed by atoms with Crippen molar-refractivity contribution in [3.05, 3.63) is 71.3 Å². The molecule has 2 saturated heterocycles. The summed E-state index contributed by atoms with van der Waals surface area (Å²) in [4.78, 5) is 15.7. The maximum Gasteiger partial charge on any atom is 0.166 e. The molecule has 25 heavy (non-hydrogen) atoms. The van der Waals surface area contributed by atoms with Crippen LogP contribution in [0.1, 0.15) is 53.6 Å². The van der Waals surface area contributed by atoms with Crippen LogP contribution in [0.5, 0.6) is 0 Å². The molecule has 2 atom stereocenters. The van der Waals surface area contributed by atoms with Gasteiger partial charge in [-0.3, -0.25) is 9.69 Å². The number of hydrogen-bond acceptors (Lipinski definition) is 2. The van der Waals surface area contributed by atoms with Crippen LogP contribution < -0.4 is 0 Å². The Bertz CT molecular complexity index is 725. The van der Waals surface area contributed by atoms with Crippen molar-refractivity contribution in [1.29, 1.82) is 0 Å². The Morgan fingerprint density at radius 2 is 1.72 bits per heavy atom. The van der Waals surface area contributed by atoms with Crippen molar-refractivity contribution in [2.24, 2.45) is 5.92 Å². The number of carbonyl (C=O) groups is 1. The Morgan fingerprint density at radius 1 is 1.00 bits per heavy atom. The molecule has 0 amide bonds. The molecular formula is C23H27NO. The third kappa shape index (κ3) is 3.55. The lowest BCUT2D eigenvalue weighted by atomic mass is 9.75. The fourth-order valence-electron chi connectivity index (χ4n) is 4.78. The van der Waals surface area contributed by atoms with Crippen molar-refractivity contribution in [2.75, 3.05) is 0 Å². The van der Waals surface area contributed by atoms with Crippen LogP contribution >= 0.6 is 0 Å². The highest BCUT2D eigenvalue weighted by Crippen LogP contribution is 2.39. The standard InChI is InChI=1S/C23H27NO/c1-17-7-5-10-19(13-17)23(25)20-14-21-11-6-12-22(15-20)24(21)16-18-8-3-2-4-9-18/h2-5,7-10,13,20-22H,6,11-12,14-16H2,1H3. The summed E-state index contributed by atoms with van der Waals surface area (Å²) in [5.41, 5.74) is 3.47. The molecule has 0 spiro atoms. The molecule has 2 fully saturated rings. The summed E-state index contributed by atoms with van der Waals surface area (Å²) in [7, 11) is 0. The van der Waals surface area contributed by atoms with Gasteiger partial charge in [-0.05, 0) is 44.2 Å². The van der Waals surface area contributed by atoms with Crippen molar-refractivity contribution in [3.8, 4) is 0 Å². The predicted molar refractivity (Wildman–Crippen MR) is 102 cm³/mol. The fourth-order valence-corrected chi connectivity index (χ4v) is 4.78. The van der Waals surface area contributed by atoms with Crippen LogP contribution in [-0.2, 0) is 6.54 Å². The Balaban J connectivity index is 1.50. The van der Waals surface area contributed by atoms with Crippen molar-refractivity contribution in [1.82, 2.24) is 4.90 Å². The third-order valence-electron chi connectivity index (χ3n) is 6.01. The lowest BCUT2D eigenvalue weighted by molar-refractivity contribution is 0.00906. The van der Waals surface area contributed by atoms with E-state index in [9.17, 15) is 4.79 Å². The Morgan fingerprint density at radius 3 is 2.40 bits per heavy atom. The normalized spacial score (nSPS) is 26.4. The quantitative estimate of drug-likeness (QED) is 0.733. The van der Waals surface area contributed by atoms with Crippen LogP contribution in [0.4, 0.5) is 0 Å². The lowest BCUT2D eigenvalue weighted by Gasteiger charge is -2.48. The molecule has 130 valence electrons. The van der Waals surface area contributed by atoms with Gasteiger partial charge >= 0.3 is 0 Å². The van der Waals surface area contributed by atoms with Gasteiger partial charge in [0.15, 0.2) is 5.78 Å². The fraction of sp³-hybridized carbons (Fsp3) is 0.435. The number of aryl methyl sites for hydroxylation is 1. The molecule has 2 nitrogen and oxygen atoms in total. The molecule has 4 rings (SSSR count). The minimum atomic E-state index is 0.198. The van der Waals surface area contributed by atoms with Crippen LogP contribution in [0.25, 0.3) is 0 Å². The Kier molecular flexibility index (Phi) is 4.72. The van der Waals surface area contributed by atoms with Gasteiger partial charge < -0.3 is 0 Å². The largest absolute Gasteiger partial charge is 0.294 e. The smallest absolute Gasteiger partial charge is 0.166 e. The molecule has 0 aromatic heterocycles. The first kappa shape index (κ1) is 16.5. The maximum absolute atomic E-state index is 13.0. The van der Waals surface area contributed by atoms with E-state index < -0.39 is 0 Å². The number of carbonyl (C=O) groups excluding carboxylic acids is 1. The number of nitrogens with zero attached hydrogens (tertiary/aromatic N) is 1. The topological polar surface area (TPSA) is 20.3 Å². The lowest BCUT2D eigenvalue weighted by Crippen LogP contribution is -2.52. The Labute approximate surface area is 150 Å². The number of Topliss-reactive ketones (excluding diaryl/α,β-unsaturated/α-hetero) is 1. The highest BCUT2D eigenvalue weighted by atomic mass is 16.1. The summed E-state index contributed by atoms with van der Waals surface area (Å²) in [5.74, 6) is 0.559. The molecule has 0 radical (unpaired) electrons. The van der Waals surface area contributed by atoms with Gasteiger partial charge in [0, 0.05) is 30.1 Å². The van der Waals surface area contributed by atoms with E-state index in [-0.39, 0.29) is 5.92 Å². The second-order valence-electron chi connectivity index (χ2n) is 7.80. The summed E-state index contributed by atoms with van der Waals surface area (Å²) >= 11 is 0. The van der Waals surface area contributed by atoms with Gasteiger partial charge in [-0.15, -0.1) is 0 Å². The van der Waals surface area contributed by atoms with Gasteiger partial charge in [0.05, 0.1) is 0 Å². The van der Waals surface area contributed by atoms with E-state index in [0.717, 1.165) is 24.9 Å². The van der Waals surface area contributed by atoms with E-state index in [2.05, 4.69) is 54.3 Å². The molecule has 2 bridgehead atoms. The molecule has 0 saturated carbocycles. The van der Waals surface area contributed by atoms with Gasteiger partial charge in [0.2, 0.25) is 0 Å². The number of piperidine rings is 2. The molecule has 2 heterocycles. The van der Waals surface area contributed by atoms with E-state index in [1.54, 1.807) is 0 Å². The van der Waals surface area contributed by atoms with Crippen molar-refractivity contribution in [3.63, 3.8) is 0 Å². The second-order valence-corrected chi connectivity index (χ2v) is 7.80. The summed E-state index contributed by atoms with van der Waals surface area (Å²) in [5, 5.41) is 0. The first-order chi connectivity index (χ1) is 12.2. The molecule has 2 aromatic rings. The van der Waals surface area contributed by atoms with Crippen LogP contribution in [0.15, 0.2) is 54.6 Å². The molecule has 2 aliphatic heterocycles. The average molecular weight is 333 g/mol. The van der Waals surface area contributed by atoms with Crippen LogP contribution in [-0.4, -0.2) is 22.8 Å². The van der Waals surface area contributed by atoms with E-state index >= 15 is 0 Å². The third-order valence-corrected chi connectivity index (χ3v) is 6.01. The molecule has 2 heteroatoms. The van der Waals surface area contributed by atoms with Crippen LogP contribution in [0, 0.1) is 12.8 Å². The van der Waals surface area contributed by atoms with E-state index in [1.807, 2.05) is 12.1 Å². The van der Waals surface area contributed by atoms with Crippen molar-refractivity contribution < 1.29 is 4.79 Å². The minimum Gasteiger partial charge on any atom is -0.294 e. The number of benzene rings is 2. The molecule has 2 aliphatic rings. The molecule has 0 aliphatic carbocycles. The monoisotopic (exact) mass is 333 g/mol. The van der Waals surface area contributed by atoms with Gasteiger partial charge in [-0.1, -0.05) is 60.5 Å². The number of hydrogen-bond donors (Lipinski definition) is 0. The summed E-state index contributed by atoms with van der Waals surface area (Å²) in [6.45, 7) is 3.09. The van der Waals surface area contributed by atoms with Crippen LogP contribution in [0.2, 0.25) is 0 Å². The van der Waals surface area contributed by atoms with Gasteiger partial charge in [-0.2, -0.15) is 0 Å². The number of rotatable bonds is 4. The van der Waals surface area contributed by atoms with Gasteiger partial charge in [0.25, 0.3) is 0 Å². The number of fused-ring (bicyclic) bond motifs is 2. The first-order valence-electron chi connectivity index (χ1n) is 9.61. The van der Waals surface area contributed by atoms with Gasteiger partial charge in [0.1, 0.15) is 0 Å². The number of ketones is 1. The summed E-state index contributed by atoms with van der Waals surface area (Å²) < 4.78 is 0. The highest BCUT2D eigenvalue weighted by Gasteiger charge is 2.40. The van der Waals surface area contributed by atoms with Crippen molar-refractivity contribution >= 4 is 5.78 Å². The van der Waals surface area contributed by atoms with Gasteiger partial charge in [-0.25, -0.2) is 0 Å². The first-order valence-corrected chi connectivity index (χ1v) is 9.61. The Hall–Kier alpha value is -1.93. The van der Waals surface area contributed by atoms with E-state index in [1.165, 1.54) is 30.4 Å². The zero-order chi connectivity index (χ0) is 17.2. The molecule has 2 unspecified atom stereocenters. The minimum absolute atomic E-state index is 0.198. The van der Waals surface area contributed by atoms with E-state index in [4.69, 9.17) is 0 Å². The van der Waals surface area contributed by atoms with E-state index in [0.29, 0.717) is 17.9 Å². The predicted octanol–water partition coefficient (Wildman–Crippen LogP) is 5.01. The zero-order valence-corrected chi connectivity index (χ0v) is 15.0. The zero-order valence-electron chi connectivity index (χ0n) is 15.0. The molecular weight excluding hydrogens is 306 g/mol. The highest BCUT2D eigenvalue weighted by molar-refractivity contribution is 5.98. The molecule has 0 N–H and O–H groups in total. The summed E-state index contributed by atoms with van der Waals surface area (Å²) in [6, 6.07) is 20.0. The van der Waals surface area contributed by atoms with Crippen LogP contribution in [0.3, 0.4) is 0 Å². The average Bonchev–Trinajstić information content (AvgIpc) is 2.62. The summed E-state index contributed by atoms with van der Waals surface area (Å²) in [6.07, 6.45) is 5.83. The second kappa shape index (κ2) is 7.13. The maximum atomic E-state index is 13.0. The molecule has 2 aromatic carbocycles. The van der Waals surface area contributed by atoms with Crippen molar-refractivity contribution in [2.45, 2.75) is 57.7 Å². The SMILES string of the molecule is Cc1cccc(C(=O)C2CC3CCCC(C2)N3Cc2ccccc2)c1.